The number of anilines is 1. The van der Waals surface area contributed by atoms with Gasteiger partial charge in [0.25, 0.3) is 0 Å². The van der Waals surface area contributed by atoms with Crippen LogP contribution in [0.4, 0.5) is 5.69 Å². The summed E-state index contributed by atoms with van der Waals surface area (Å²) in [5.74, 6) is -0.529. The Morgan fingerprint density at radius 3 is 2.09 bits per heavy atom. The number of rotatable bonds is 8. The summed E-state index contributed by atoms with van der Waals surface area (Å²) < 4.78 is 33.8. The Labute approximate surface area is 210 Å². The predicted molar refractivity (Wildman–Crippen MR) is 136 cm³/mol. The van der Waals surface area contributed by atoms with Gasteiger partial charge in [0.05, 0.1) is 10.3 Å². The third-order valence-corrected chi connectivity index (χ3v) is 6.70. The van der Waals surface area contributed by atoms with Crippen LogP contribution in [0.5, 0.6) is 5.75 Å². The lowest BCUT2D eigenvalue weighted by molar-refractivity contribution is -0.143. The normalized spacial score (nSPS) is 12.6. The van der Waals surface area contributed by atoms with Crippen molar-refractivity contribution in [2.24, 2.45) is 5.41 Å². The molecule has 2 N–H and O–H groups in total. The van der Waals surface area contributed by atoms with Crippen LogP contribution in [-0.2, 0) is 26.0 Å². The number of carbonyl (C=O) groups is 2. The van der Waals surface area contributed by atoms with E-state index in [1.54, 1.807) is 69.3 Å². The van der Waals surface area contributed by atoms with Gasteiger partial charge in [0.2, 0.25) is 15.9 Å². The summed E-state index contributed by atoms with van der Waals surface area (Å²) in [5.41, 5.74) is 0.560. The molecule has 0 radical (unpaired) electrons. The molecule has 184 valence electrons. The van der Waals surface area contributed by atoms with Gasteiger partial charge in [-0.2, -0.15) is 4.72 Å². The second-order valence-electron chi connectivity index (χ2n) is 8.97. The predicted octanol–water partition coefficient (Wildman–Crippen LogP) is 4.82. The maximum absolute atomic E-state index is 13.1. The summed E-state index contributed by atoms with van der Waals surface area (Å²) >= 11 is 5.87. The van der Waals surface area contributed by atoms with Crippen LogP contribution in [0.1, 0.15) is 26.3 Å². The van der Waals surface area contributed by atoms with E-state index in [2.05, 4.69) is 10.0 Å². The molecular weight excluding hydrogens is 488 g/mol. The largest absolute Gasteiger partial charge is 0.426 e. The summed E-state index contributed by atoms with van der Waals surface area (Å²) in [7, 11) is -4.01. The lowest BCUT2D eigenvalue weighted by atomic mass is 9.97. The fourth-order valence-electron chi connectivity index (χ4n) is 3.00. The van der Waals surface area contributed by atoms with Gasteiger partial charge in [-0.3, -0.25) is 9.59 Å². The molecule has 3 aromatic rings. The number of halogens is 1. The smallest absolute Gasteiger partial charge is 0.316 e. The summed E-state index contributed by atoms with van der Waals surface area (Å²) in [6, 6.07) is 19.9. The molecule has 0 bridgehead atoms. The quantitative estimate of drug-likeness (QED) is 0.331. The second-order valence-corrected chi connectivity index (χ2v) is 11.1. The minimum absolute atomic E-state index is 0.0103. The molecule has 0 heterocycles. The SMILES string of the molecule is CC(C)(C)C(=O)Oc1ccc(C[C@H](NS(=O)(=O)c2ccc(Cl)cc2)C(=O)Nc2ccccc2)cc1. The minimum Gasteiger partial charge on any atom is -0.426 e. The van der Waals surface area contributed by atoms with Crippen molar-refractivity contribution in [3.63, 3.8) is 0 Å². The maximum Gasteiger partial charge on any atom is 0.316 e. The number of benzene rings is 3. The Morgan fingerprint density at radius 1 is 0.914 bits per heavy atom. The number of nitrogens with one attached hydrogen (secondary N) is 2. The van der Waals surface area contributed by atoms with Gasteiger partial charge in [-0.05, 0) is 81.3 Å². The molecule has 9 heteroatoms. The van der Waals surface area contributed by atoms with Gasteiger partial charge in [-0.15, -0.1) is 0 Å². The van der Waals surface area contributed by atoms with Crippen molar-refractivity contribution in [3.8, 4) is 5.75 Å². The van der Waals surface area contributed by atoms with E-state index in [-0.39, 0.29) is 17.3 Å². The number of amides is 1. The summed E-state index contributed by atoms with van der Waals surface area (Å²) in [5, 5.41) is 3.14. The standard InChI is InChI=1S/C26H27ClN2O5S/c1-26(2,3)25(31)34-21-13-9-18(10-14-21)17-23(24(30)28-20-7-5-4-6-8-20)29-35(32,33)22-15-11-19(27)12-16-22/h4-16,23,29H,17H2,1-3H3,(H,28,30)/t23-/m0/s1. The Kier molecular flexibility index (Phi) is 8.32. The fraction of sp³-hybridized carbons (Fsp3) is 0.231. The topological polar surface area (TPSA) is 102 Å². The van der Waals surface area contributed by atoms with Gasteiger partial charge in [0, 0.05) is 10.7 Å². The van der Waals surface area contributed by atoms with Crippen molar-refractivity contribution in [1.29, 1.82) is 0 Å². The molecule has 0 aromatic heterocycles. The lowest BCUT2D eigenvalue weighted by Crippen LogP contribution is -2.45. The molecule has 3 aromatic carbocycles. The van der Waals surface area contributed by atoms with Crippen LogP contribution in [-0.4, -0.2) is 26.3 Å². The number of esters is 1. The van der Waals surface area contributed by atoms with Crippen molar-refractivity contribution < 1.29 is 22.7 Å². The Bertz CT molecular complexity index is 1270. The first-order valence-electron chi connectivity index (χ1n) is 10.9. The summed E-state index contributed by atoms with van der Waals surface area (Å²) in [4.78, 5) is 25.2. The van der Waals surface area contributed by atoms with Gasteiger partial charge >= 0.3 is 5.97 Å². The molecule has 0 aliphatic rings. The molecule has 0 unspecified atom stereocenters. The molecular formula is C26H27ClN2O5S. The highest BCUT2D eigenvalue weighted by molar-refractivity contribution is 7.89. The number of para-hydroxylation sites is 1. The zero-order valence-electron chi connectivity index (χ0n) is 19.6. The summed E-state index contributed by atoms with van der Waals surface area (Å²) in [6.45, 7) is 5.27. The first kappa shape index (κ1) is 26.4. The van der Waals surface area contributed by atoms with E-state index in [9.17, 15) is 18.0 Å². The van der Waals surface area contributed by atoms with Crippen molar-refractivity contribution in [3.05, 3.63) is 89.4 Å². The highest BCUT2D eigenvalue weighted by Gasteiger charge is 2.27. The third-order valence-electron chi connectivity index (χ3n) is 4.97. The molecule has 0 aliphatic heterocycles. The molecule has 0 saturated carbocycles. The Balaban J connectivity index is 1.81. The van der Waals surface area contributed by atoms with Crippen LogP contribution in [0.2, 0.25) is 5.02 Å². The highest BCUT2D eigenvalue weighted by atomic mass is 35.5. The zero-order chi connectivity index (χ0) is 25.6. The first-order chi connectivity index (χ1) is 16.4. The lowest BCUT2D eigenvalue weighted by Gasteiger charge is -2.19. The van der Waals surface area contributed by atoms with Gasteiger partial charge in [-0.1, -0.05) is 41.9 Å². The summed E-state index contributed by atoms with van der Waals surface area (Å²) in [6.07, 6.45) is 0.0684. The molecule has 1 atom stereocenters. The number of hydrogen-bond acceptors (Lipinski definition) is 5. The molecule has 0 aliphatic carbocycles. The van der Waals surface area contributed by atoms with Crippen LogP contribution in [0, 0.1) is 5.41 Å². The van der Waals surface area contributed by atoms with E-state index in [1.807, 2.05) is 6.07 Å². The van der Waals surface area contributed by atoms with Crippen molar-refractivity contribution >= 4 is 39.2 Å². The van der Waals surface area contributed by atoms with Crippen molar-refractivity contribution in [1.82, 2.24) is 4.72 Å². The Hall–Kier alpha value is -3.20. The third kappa shape index (κ3) is 7.65. The molecule has 0 spiro atoms. The van der Waals surface area contributed by atoms with Crippen LogP contribution in [0.15, 0.2) is 83.8 Å². The zero-order valence-corrected chi connectivity index (χ0v) is 21.2. The molecule has 7 nitrogen and oxygen atoms in total. The number of hydrogen-bond donors (Lipinski definition) is 2. The van der Waals surface area contributed by atoms with E-state index >= 15 is 0 Å². The van der Waals surface area contributed by atoms with E-state index < -0.39 is 27.4 Å². The first-order valence-corrected chi connectivity index (χ1v) is 12.8. The average molecular weight is 515 g/mol. The van der Waals surface area contributed by atoms with Gasteiger partial charge in [-0.25, -0.2) is 8.42 Å². The van der Waals surface area contributed by atoms with Crippen LogP contribution < -0.4 is 14.8 Å². The number of ether oxygens (including phenoxy) is 1. The van der Waals surface area contributed by atoms with Crippen molar-refractivity contribution in [2.75, 3.05) is 5.32 Å². The highest BCUT2D eigenvalue weighted by Crippen LogP contribution is 2.21. The van der Waals surface area contributed by atoms with E-state index in [0.29, 0.717) is 22.0 Å². The van der Waals surface area contributed by atoms with E-state index in [1.165, 1.54) is 24.3 Å². The molecule has 0 saturated heterocycles. The van der Waals surface area contributed by atoms with Crippen LogP contribution in [0.3, 0.4) is 0 Å². The number of carbonyl (C=O) groups excluding carboxylic acids is 2. The molecule has 0 fully saturated rings. The monoisotopic (exact) mass is 514 g/mol. The fourth-order valence-corrected chi connectivity index (χ4v) is 4.32. The van der Waals surface area contributed by atoms with Crippen LogP contribution in [0.25, 0.3) is 0 Å². The van der Waals surface area contributed by atoms with Gasteiger partial charge < -0.3 is 10.1 Å². The second kappa shape index (κ2) is 11.0. The molecule has 3 rings (SSSR count). The number of sulfonamides is 1. The van der Waals surface area contributed by atoms with Crippen LogP contribution >= 0.6 is 11.6 Å². The molecule has 35 heavy (non-hydrogen) atoms. The minimum atomic E-state index is -4.01. The van der Waals surface area contributed by atoms with Crippen molar-refractivity contribution in [2.45, 2.75) is 38.1 Å². The maximum atomic E-state index is 13.1. The van der Waals surface area contributed by atoms with E-state index in [4.69, 9.17) is 16.3 Å². The van der Waals surface area contributed by atoms with Gasteiger partial charge in [0.1, 0.15) is 11.8 Å². The van der Waals surface area contributed by atoms with E-state index in [0.717, 1.165) is 0 Å². The Morgan fingerprint density at radius 2 is 1.51 bits per heavy atom. The van der Waals surface area contributed by atoms with Gasteiger partial charge in [0.15, 0.2) is 0 Å². The average Bonchev–Trinajstić information content (AvgIpc) is 2.80. The molecule has 1 amide bonds.